The summed E-state index contributed by atoms with van der Waals surface area (Å²) in [5.41, 5.74) is 3.00. The maximum Gasteiger partial charge on any atom is 0.245 e. The molecule has 1 saturated heterocycles. The minimum absolute atomic E-state index is 0.147. The van der Waals surface area contributed by atoms with Crippen LogP contribution in [0.1, 0.15) is 55.7 Å². The molecular weight excluding hydrogens is 552 g/mol. The van der Waals surface area contributed by atoms with E-state index in [1.54, 1.807) is 11.0 Å². The Bertz CT molecular complexity index is 1270. The van der Waals surface area contributed by atoms with Crippen molar-refractivity contribution in [2.24, 2.45) is 0 Å². The molecule has 3 aromatic rings. The second kappa shape index (κ2) is 18.1. The van der Waals surface area contributed by atoms with Crippen molar-refractivity contribution >= 4 is 11.8 Å². The maximum atomic E-state index is 14.0. The topological polar surface area (TPSA) is 77.1 Å². The van der Waals surface area contributed by atoms with Crippen LogP contribution in [-0.4, -0.2) is 54.2 Å². The molecule has 1 heterocycles. The molecule has 4 atom stereocenters. The minimum atomic E-state index is -0.872. The molecule has 3 aromatic carbocycles. The number of rotatable bonds is 18. The number of hydrogen-bond acceptors (Lipinski definition) is 5. The first-order valence-corrected chi connectivity index (χ1v) is 15.7. The molecule has 44 heavy (non-hydrogen) atoms. The van der Waals surface area contributed by atoms with Gasteiger partial charge in [0.1, 0.15) is 18.2 Å². The summed E-state index contributed by atoms with van der Waals surface area (Å²) in [6.07, 6.45) is 4.08. The van der Waals surface area contributed by atoms with Gasteiger partial charge in [0.25, 0.3) is 0 Å². The zero-order valence-corrected chi connectivity index (χ0v) is 25.8. The van der Waals surface area contributed by atoms with Crippen molar-refractivity contribution in [3.63, 3.8) is 0 Å². The number of nitrogens with one attached hydrogen (secondary N) is 1. The molecule has 1 aliphatic heterocycles. The van der Waals surface area contributed by atoms with Crippen LogP contribution < -0.4 is 5.32 Å². The van der Waals surface area contributed by atoms with Crippen molar-refractivity contribution in [3.8, 4) is 0 Å². The van der Waals surface area contributed by atoms with E-state index in [9.17, 15) is 9.59 Å². The van der Waals surface area contributed by atoms with Gasteiger partial charge in [-0.15, -0.1) is 6.58 Å². The minimum Gasteiger partial charge on any atom is -0.375 e. The van der Waals surface area contributed by atoms with Gasteiger partial charge < -0.3 is 24.4 Å². The highest BCUT2D eigenvalue weighted by atomic mass is 16.5. The number of carbonyl (C=O) groups excluding carboxylic acids is 2. The first kappa shape index (κ1) is 33.1. The van der Waals surface area contributed by atoms with Crippen LogP contribution in [0.15, 0.2) is 104 Å². The lowest BCUT2D eigenvalue weighted by Crippen LogP contribution is -2.53. The Labute approximate surface area is 262 Å². The molecule has 7 heteroatoms. The molecule has 0 spiro atoms. The molecule has 234 valence electrons. The monoisotopic (exact) mass is 598 g/mol. The number of unbranched alkanes of at least 4 members (excludes halogenated alkanes) is 2. The Hall–Kier alpha value is -3.78. The summed E-state index contributed by atoms with van der Waals surface area (Å²) in [7, 11) is 0. The first-order chi connectivity index (χ1) is 21.6. The number of nitrogens with zero attached hydrogens (tertiary/aromatic N) is 1. The predicted molar refractivity (Wildman–Crippen MR) is 173 cm³/mol. The number of ether oxygens (including phenoxy) is 3. The third-order valence-electron chi connectivity index (χ3n) is 7.84. The van der Waals surface area contributed by atoms with E-state index in [1.165, 1.54) is 0 Å². The molecule has 1 N–H and O–H groups in total. The van der Waals surface area contributed by atoms with Crippen LogP contribution >= 0.6 is 0 Å². The van der Waals surface area contributed by atoms with Gasteiger partial charge in [0.15, 0.2) is 0 Å². The van der Waals surface area contributed by atoms with Crippen LogP contribution in [0.2, 0.25) is 0 Å². The highest BCUT2D eigenvalue weighted by Crippen LogP contribution is 2.33. The van der Waals surface area contributed by atoms with E-state index in [0.717, 1.165) is 36.0 Å². The van der Waals surface area contributed by atoms with Crippen molar-refractivity contribution in [1.29, 1.82) is 0 Å². The highest BCUT2D eigenvalue weighted by molar-refractivity contribution is 5.89. The van der Waals surface area contributed by atoms with E-state index < -0.39 is 24.3 Å². The Morgan fingerprint density at radius 3 is 1.89 bits per heavy atom. The number of amides is 2. The lowest BCUT2D eigenvalue weighted by atomic mass is 10.1. The molecule has 7 nitrogen and oxygen atoms in total. The third-order valence-corrected chi connectivity index (χ3v) is 7.84. The molecule has 4 rings (SSSR count). The van der Waals surface area contributed by atoms with E-state index in [2.05, 4.69) is 18.8 Å². The lowest BCUT2D eigenvalue weighted by molar-refractivity contribution is -0.144. The molecule has 1 aliphatic rings. The van der Waals surface area contributed by atoms with Gasteiger partial charge in [-0.25, -0.2) is 0 Å². The molecule has 0 aliphatic carbocycles. The Morgan fingerprint density at radius 1 is 0.795 bits per heavy atom. The normalized spacial score (nSPS) is 19.5. The summed E-state index contributed by atoms with van der Waals surface area (Å²) in [6.45, 7) is 7.63. The van der Waals surface area contributed by atoms with E-state index >= 15 is 0 Å². The highest BCUT2D eigenvalue weighted by Gasteiger charge is 2.55. The van der Waals surface area contributed by atoms with Crippen LogP contribution in [0.5, 0.6) is 0 Å². The quantitative estimate of drug-likeness (QED) is 0.139. The van der Waals surface area contributed by atoms with Crippen molar-refractivity contribution in [1.82, 2.24) is 10.2 Å². The van der Waals surface area contributed by atoms with Crippen LogP contribution in [0.3, 0.4) is 0 Å². The van der Waals surface area contributed by atoms with Crippen LogP contribution in [0, 0.1) is 0 Å². The predicted octanol–water partition coefficient (Wildman–Crippen LogP) is 6.23. The smallest absolute Gasteiger partial charge is 0.245 e. The van der Waals surface area contributed by atoms with Gasteiger partial charge in [-0.1, -0.05) is 117 Å². The molecule has 0 aromatic heterocycles. The summed E-state index contributed by atoms with van der Waals surface area (Å²) in [6, 6.07) is 28.3. The second-order valence-corrected chi connectivity index (χ2v) is 11.2. The first-order valence-electron chi connectivity index (χ1n) is 15.7. The van der Waals surface area contributed by atoms with E-state index in [1.807, 2.05) is 91.0 Å². The average Bonchev–Trinajstić information content (AvgIpc) is 3.38. The molecule has 0 radical (unpaired) electrons. The fourth-order valence-corrected chi connectivity index (χ4v) is 5.56. The average molecular weight is 599 g/mol. The Morgan fingerprint density at radius 2 is 1.34 bits per heavy atom. The summed E-state index contributed by atoms with van der Waals surface area (Å²) in [4.78, 5) is 29.6. The molecular formula is C37H46N2O5. The number of allylic oxidation sites excluding steroid dienone is 1. The van der Waals surface area contributed by atoms with Crippen molar-refractivity contribution in [2.45, 2.75) is 83.1 Å². The Kier molecular flexibility index (Phi) is 13.6. The molecule has 2 amide bonds. The van der Waals surface area contributed by atoms with E-state index in [0.29, 0.717) is 26.2 Å². The molecule has 0 bridgehead atoms. The number of benzene rings is 3. The second-order valence-electron chi connectivity index (χ2n) is 11.2. The van der Waals surface area contributed by atoms with Crippen LogP contribution in [0.4, 0.5) is 0 Å². The van der Waals surface area contributed by atoms with Gasteiger partial charge in [-0.2, -0.15) is 0 Å². The summed E-state index contributed by atoms with van der Waals surface area (Å²) in [5.74, 6) is -0.379. The summed E-state index contributed by atoms with van der Waals surface area (Å²) in [5, 5.41) is 3.10. The van der Waals surface area contributed by atoms with Gasteiger partial charge in [0.05, 0.1) is 32.5 Å². The zero-order chi connectivity index (χ0) is 31.0. The lowest BCUT2D eigenvalue weighted by Gasteiger charge is -2.31. The van der Waals surface area contributed by atoms with Gasteiger partial charge in [0.2, 0.25) is 11.8 Å². The number of hydrogen-bond donors (Lipinski definition) is 1. The Balaban J connectivity index is 1.67. The maximum absolute atomic E-state index is 14.0. The standard InChI is InChI=1S/C37H46N2O5/c1-3-5-16-24-38-37(41)34-36(44-27-31-21-14-9-15-22-31)35(43-26-30-19-12-8-13-20-30)32(39(34)33(40)23-6-4-2)28-42-25-29-17-10-7-11-18-29/h4,7-15,17-22,32,34-36H,2-3,5-6,16,23-28H2,1H3,(H,38,41)/t32-,34+,35-,36-/m0/s1. The summed E-state index contributed by atoms with van der Waals surface area (Å²) >= 11 is 0. The van der Waals surface area contributed by atoms with Crippen molar-refractivity contribution in [2.75, 3.05) is 13.2 Å². The van der Waals surface area contributed by atoms with Gasteiger partial charge in [-0.05, 0) is 29.5 Å². The van der Waals surface area contributed by atoms with Crippen LogP contribution in [0.25, 0.3) is 0 Å². The fourth-order valence-electron chi connectivity index (χ4n) is 5.56. The summed E-state index contributed by atoms with van der Waals surface area (Å²) < 4.78 is 19.4. The fraction of sp³-hybridized carbons (Fsp3) is 0.405. The zero-order valence-electron chi connectivity index (χ0n) is 25.8. The SMILES string of the molecule is C=CCCC(=O)N1[C@@H](COCc2ccccc2)[C@H](OCc2ccccc2)[C@@H](OCc2ccccc2)[C@@H]1C(=O)NCCCCC. The third kappa shape index (κ3) is 9.61. The largest absolute Gasteiger partial charge is 0.375 e. The van der Waals surface area contributed by atoms with E-state index in [4.69, 9.17) is 14.2 Å². The van der Waals surface area contributed by atoms with Gasteiger partial charge >= 0.3 is 0 Å². The molecule has 0 saturated carbocycles. The van der Waals surface area contributed by atoms with Crippen molar-refractivity contribution < 1.29 is 23.8 Å². The van der Waals surface area contributed by atoms with Gasteiger partial charge in [-0.3, -0.25) is 9.59 Å². The van der Waals surface area contributed by atoms with Gasteiger partial charge in [0, 0.05) is 13.0 Å². The molecule has 1 fully saturated rings. The van der Waals surface area contributed by atoms with E-state index in [-0.39, 0.29) is 31.4 Å². The number of likely N-dealkylation sites (tertiary alicyclic amines) is 1. The van der Waals surface area contributed by atoms with Crippen LogP contribution in [-0.2, 0) is 43.6 Å². The molecule has 0 unspecified atom stereocenters. The van der Waals surface area contributed by atoms with Crippen molar-refractivity contribution in [3.05, 3.63) is 120 Å². The number of carbonyl (C=O) groups is 2.